The van der Waals surface area contributed by atoms with Crippen molar-refractivity contribution in [1.29, 1.82) is 0 Å². The van der Waals surface area contributed by atoms with E-state index in [0.717, 1.165) is 5.75 Å². The fraction of sp³-hybridized carbons (Fsp3) is 0.667. The molecule has 1 rings (SSSR count). The van der Waals surface area contributed by atoms with Gasteiger partial charge in [0.15, 0.2) is 0 Å². The zero-order chi connectivity index (χ0) is 15.4. The monoisotopic (exact) mass is 418 g/mol. The van der Waals surface area contributed by atoms with Crippen molar-refractivity contribution >= 4 is 27.6 Å². The molecule has 0 aromatic heterocycles. The van der Waals surface area contributed by atoms with Crippen molar-refractivity contribution in [2.45, 2.75) is 77.3 Å². The second-order valence-corrected chi connectivity index (χ2v) is 14.8. The molecule has 0 N–H and O–H groups in total. The van der Waals surface area contributed by atoms with E-state index in [-0.39, 0.29) is 0 Å². The maximum Gasteiger partial charge on any atom is 0.316 e. The molecule has 0 aliphatic rings. The summed E-state index contributed by atoms with van der Waals surface area (Å²) in [6.45, 7) is 4.56. The molecule has 0 radical (unpaired) electrons. The van der Waals surface area contributed by atoms with E-state index in [1.54, 1.807) is 0 Å². The average molecular weight is 418 g/mol. The van der Waals surface area contributed by atoms with Gasteiger partial charge in [-0.1, -0.05) is 105 Å². The third-order valence-corrected chi connectivity index (χ3v) is 10.6. The molecule has 21 heavy (non-hydrogen) atoms. The Hall–Kier alpha value is -0.0331. The number of hydrogen-bond acceptors (Lipinski definition) is 1. The summed E-state index contributed by atoms with van der Waals surface area (Å²) in [4.78, 5) is 0. The molecule has 0 atom stereocenters. The van der Waals surface area contributed by atoms with Gasteiger partial charge in [-0.25, -0.2) is 0 Å². The first-order valence-corrected chi connectivity index (χ1v) is 14.1. The maximum absolute atomic E-state index is 6.49. The van der Waals surface area contributed by atoms with Crippen molar-refractivity contribution in [3.05, 3.63) is 30.3 Å². The van der Waals surface area contributed by atoms with Crippen LogP contribution in [0.1, 0.15) is 65.2 Å². The molecule has 0 saturated carbocycles. The number of rotatable bonds is 12. The number of para-hydroxylation sites is 1. The van der Waals surface area contributed by atoms with Gasteiger partial charge in [-0.15, -0.1) is 0 Å². The van der Waals surface area contributed by atoms with Crippen LogP contribution in [0.3, 0.4) is 0 Å². The van der Waals surface area contributed by atoms with Crippen molar-refractivity contribution < 1.29 is 4.43 Å². The van der Waals surface area contributed by atoms with Gasteiger partial charge < -0.3 is 4.43 Å². The molecule has 1 aromatic carbocycles. The van der Waals surface area contributed by atoms with E-state index in [4.69, 9.17) is 4.43 Å². The lowest BCUT2D eigenvalue weighted by atomic mass is 10.2. The van der Waals surface area contributed by atoms with Crippen molar-refractivity contribution in [2.24, 2.45) is 0 Å². The van der Waals surface area contributed by atoms with Crippen LogP contribution in [0.25, 0.3) is 0 Å². The lowest BCUT2D eigenvalue weighted by molar-refractivity contribution is 0.541. The highest BCUT2D eigenvalue weighted by molar-refractivity contribution is 14.1. The fourth-order valence-electron chi connectivity index (χ4n) is 2.56. The van der Waals surface area contributed by atoms with E-state index < -0.39 is 5.81 Å². The molecule has 1 aromatic rings. The Morgan fingerprint density at radius 3 is 1.81 bits per heavy atom. The van der Waals surface area contributed by atoms with Gasteiger partial charge in [0, 0.05) is 0 Å². The number of hydrogen-bond donors (Lipinski definition) is 0. The average Bonchev–Trinajstić information content (AvgIpc) is 2.49. The number of benzene rings is 1. The normalized spacial score (nSPS) is 11.6. The highest BCUT2D eigenvalue weighted by Gasteiger charge is 2.32. The predicted octanol–water partition coefficient (Wildman–Crippen LogP) is 7.10. The third-order valence-electron chi connectivity index (χ3n) is 3.85. The first-order chi connectivity index (χ1) is 10.2. The Kier molecular flexibility index (Phi) is 10.4. The Labute approximate surface area is 145 Å². The minimum absolute atomic E-state index is 1.07. The summed E-state index contributed by atoms with van der Waals surface area (Å²) in [6, 6.07) is 13.0. The summed E-state index contributed by atoms with van der Waals surface area (Å²) in [7, 11) is 0. The summed E-state index contributed by atoms with van der Waals surface area (Å²) in [5.74, 6) is -0.547. The molecule has 0 bridgehead atoms. The molecule has 1 nitrogen and oxygen atoms in total. The summed E-state index contributed by atoms with van der Waals surface area (Å²) in [5.41, 5.74) is 0. The van der Waals surface area contributed by atoms with Gasteiger partial charge in [0.25, 0.3) is 0 Å². The van der Waals surface area contributed by atoms with Crippen LogP contribution in [0.5, 0.6) is 5.75 Å². The van der Waals surface area contributed by atoms with Crippen LogP contribution in [0.2, 0.25) is 12.1 Å². The molecular formula is C18H31IOSi. The lowest BCUT2D eigenvalue weighted by Gasteiger charge is -2.26. The largest absolute Gasteiger partial charge is 0.534 e. The zero-order valence-corrected chi connectivity index (χ0v) is 16.9. The maximum atomic E-state index is 6.49. The van der Waals surface area contributed by atoms with E-state index in [0.29, 0.717) is 0 Å². The first kappa shape index (κ1) is 19.0. The minimum atomic E-state index is -1.62. The highest BCUT2D eigenvalue weighted by atomic mass is 127. The van der Waals surface area contributed by atoms with Gasteiger partial charge in [-0.2, -0.15) is 0 Å². The molecule has 0 unspecified atom stereocenters. The minimum Gasteiger partial charge on any atom is -0.534 e. The Bertz CT molecular complexity index is 343. The molecular weight excluding hydrogens is 387 g/mol. The fourth-order valence-corrected chi connectivity index (χ4v) is 8.18. The van der Waals surface area contributed by atoms with E-state index in [1.807, 2.05) is 0 Å². The van der Waals surface area contributed by atoms with E-state index in [2.05, 4.69) is 66.0 Å². The van der Waals surface area contributed by atoms with Gasteiger partial charge >= 0.3 is 5.81 Å². The topological polar surface area (TPSA) is 9.23 Å². The molecule has 0 heterocycles. The van der Waals surface area contributed by atoms with Crippen molar-refractivity contribution in [2.75, 3.05) is 0 Å². The van der Waals surface area contributed by atoms with Crippen LogP contribution < -0.4 is 4.43 Å². The third kappa shape index (κ3) is 8.86. The molecule has 0 saturated heterocycles. The standard InChI is InChI=1S/C18H31IOSi/c1-3-5-7-12-16-21(19,17-13-8-6-4-2)20-18-14-10-9-11-15-18/h9-11,14-15H,3-8,12-13,16-17H2,1-2H3. The smallest absolute Gasteiger partial charge is 0.316 e. The van der Waals surface area contributed by atoms with E-state index >= 15 is 0 Å². The summed E-state index contributed by atoms with van der Waals surface area (Å²) >= 11 is 2.70. The van der Waals surface area contributed by atoms with Crippen LogP contribution in [-0.2, 0) is 0 Å². The quantitative estimate of drug-likeness (QED) is 0.152. The molecule has 0 spiro atoms. The SMILES string of the molecule is CCCCCC[Si](I)(CCCCCC)Oc1ccccc1. The number of halogens is 1. The summed E-state index contributed by atoms with van der Waals surface area (Å²) in [6.07, 6.45) is 10.7. The van der Waals surface area contributed by atoms with Gasteiger partial charge in [-0.3, -0.25) is 0 Å². The number of unbranched alkanes of at least 4 members (excludes halogenated alkanes) is 6. The van der Waals surface area contributed by atoms with Gasteiger partial charge in [0.2, 0.25) is 0 Å². The van der Waals surface area contributed by atoms with Crippen molar-refractivity contribution in [3.8, 4) is 5.75 Å². The highest BCUT2D eigenvalue weighted by Crippen LogP contribution is 2.32. The van der Waals surface area contributed by atoms with Gasteiger partial charge in [0.1, 0.15) is 5.75 Å². The van der Waals surface area contributed by atoms with Crippen LogP contribution >= 0.6 is 21.8 Å². The van der Waals surface area contributed by atoms with Crippen molar-refractivity contribution in [3.63, 3.8) is 0 Å². The zero-order valence-electron chi connectivity index (χ0n) is 13.7. The van der Waals surface area contributed by atoms with Crippen molar-refractivity contribution in [1.82, 2.24) is 0 Å². The van der Waals surface area contributed by atoms with Crippen LogP contribution in [0.15, 0.2) is 30.3 Å². The summed E-state index contributed by atoms with van der Waals surface area (Å²) in [5, 5.41) is 0. The van der Waals surface area contributed by atoms with Gasteiger partial charge in [0.05, 0.1) is 0 Å². The van der Waals surface area contributed by atoms with E-state index in [9.17, 15) is 0 Å². The van der Waals surface area contributed by atoms with Crippen LogP contribution in [0.4, 0.5) is 0 Å². The van der Waals surface area contributed by atoms with Gasteiger partial charge in [-0.05, 0) is 24.2 Å². The molecule has 120 valence electrons. The van der Waals surface area contributed by atoms with Crippen LogP contribution in [-0.4, -0.2) is 5.81 Å². The molecule has 0 aliphatic carbocycles. The Balaban J connectivity index is 2.50. The second-order valence-electron chi connectivity index (χ2n) is 5.92. The molecule has 3 heteroatoms. The predicted molar refractivity (Wildman–Crippen MR) is 105 cm³/mol. The Morgan fingerprint density at radius 2 is 1.33 bits per heavy atom. The molecule has 0 fully saturated rings. The lowest BCUT2D eigenvalue weighted by Crippen LogP contribution is -2.34. The molecule has 0 amide bonds. The second kappa shape index (κ2) is 11.5. The summed E-state index contributed by atoms with van der Waals surface area (Å²) < 4.78 is 6.49. The van der Waals surface area contributed by atoms with Crippen LogP contribution in [0, 0.1) is 0 Å². The molecule has 0 aliphatic heterocycles. The first-order valence-electron chi connectivity index (χ1n) is 8.63. The Morgan fingerprint density at radius 1 is 0.810 bits per heavy atom. The van der Waals surface area contributed by atoms with E-state index in [1.165, 1.54) is 63.5 Å².